The van der Waals surface area contributed by atoms with Gasteiger partial charge in [0, 0.05) is 26.2 Å². The summed E-state index contributed by atoms with van der Waals surface area (Å²) in [5, 5.41) is 2.99. The predicted molar refractivity (Wildman–Crippen MR) is 64.2 cm³/mol. The number of hydrogen-bond donors (Lipinski definition) is 2. The first-order chi connectivity index (χ1) is 7.12. The highest BCUT2D eigenvalue weighted by molar-refractivity contribution is 7.80. The van der Waals surface area contributed by atoms with Gasteiger partial charge in [-0.1, -0.05) is 0 Å². The Kier molecular flexibility index (Phi) is 4.93. The number of methoxy groups -OCH3 is 1. The standard InChI is InChI=1S/C11H21NO2S/c1-9(3-6-14-2)12-10(13)7-11(8-15)4-5-11/h9,15H,3-8H2,1-2H3,(H,12,13). The van der Waals surface area contributed by atoms with E-state index in [1.807, 2.05) is 6.92 Å². The van der Waals surface area contributed by atoms with E-state index in [2.05, 4.69) is 17.9 Å². The fourth-order valence-corrected chi connectivity index (χ4v) is 2.03. The Morgan fingerprint density at radius 3 is 2.73 bits per heavy atom. The molecule has 88 valence electrons. The Morgan fingerprint density at radius 1 is 1.60 bits per heavy atom. The maximum Gasteiger partial charge on any atom is 0.220 e. The SMILES string of the molecule is COCCC(C)NC(=O)CC1(CS)CC1. The molecule has 0 saturated heterocycles. The molecule has 0 heterocycles. The number of ether oxygens (including phenoxy) is 1. The minimum atomic E-state index is 0.158. The minimum Gasteiger partial charge on any atom is -0.385 e. The van der Waals surface area contributed by atoms with E-state index in [9.17, 15) is 4.79 Å². The highest BCUT2D eigenvalue weighted by atomic mass is 32.1. The summed E-state index contributed by atoms with van der Waals surface area (Å²) in [4.78, 5) is 11.6. The third-order valence-electron chi connectivity index (χ3n) is 2.99. The Labute approximate surface area is 97.4 Å². The largest absolute Gasteiger partial charge is 0.385 e. The normalized spacial score (nSPS) is 19.7. The van der Waals surface area contributed by atoms with E-state index in [1.54, 1.807) is 7.11 Å². The zero-order valence-electron chi connectivity index (χ0n) is 9.58. The molecule has 1 rings (SSSR count). The molecule has 1 fully saturated rings. The number of hydrogen-bond acceptors (Lipinski definition) is 3. The number of thiol groups is 1. The molecule has 0 aromatic heterocycles. The van der Waals surface area contributed by atoms with Crippen LogP contribution in [0.5, 0.6) is 0 Å². The number of amides is 1. The Balaban J connectivity index is 2.18. The molecule has 0 radical (unpaired) electrons. The van der Waals surface area contributed by atoms with Gasteiger partial charge in [-0.2, -0.15) is 12.6 Å². The Morgan fingerprint density at radius 2 is 2.27 bits per heavy atom. The third kappa shape index (κ3) is 4.43. The number of nitrogens with one attached hydrogen (secondary N) is 1. The van der Waals surface area contributed by atoms with Crippen molar-refractivity contribution in [3.63, 3.8) is 0 Å². The maximum atomic E-state index is 11.6. The van der Waals surface area contributed by atoms with E-state index < -0.39 is 0 Å². The lowest BCUT2D eigenvalue weighted by molar-refractivity contribution is -0.122. The molecule has 15 heavy (non-hydrogen) atoms. The molecule has 3 nitrogen and oxygen atoms in total. The lowest BCUT2D eigenvalue weighted by Gasteiger charge is -2.16. The van der Waals surface area contributed by atoms with Crippen LogP contribution in [0.15, 0.2) is 0 Å². The lowest BCUT2D eigenvalue weighted by atomic mass is 10.0. The topological polar surface area (TPSA) is 38.3 Å². The summed E-state index contributed by atoms with van der Waals surface area (Å²) in [6.07, 6.45) is 3.80. The van der Waals surface area contributed by atoms with Gasteiger partial charge in [0.15, 0.2) is 0 Å². The van der Waals surface area contributed by atoms with Crippen LogP contribution in [0.4, 0.5) is 0 Å². The molecule has 1 unspecified atom stereocenters. The number of carbonyl (C=O) groups is 1. The molecule has 1 saturated carbocycles. The van der Waals surface area contributed by atoms with Crippen molar-refractivity contribution >= 4 is 18.5 Å². The van der Waals surface area contributed by atoms with Crippen molar-refractivity contribution in [2.75, 3.05) is 19.5 Å². The van der Waals surface area contributed by atoms with Gasteiger partial charge in [-0.15, -0.1) is 0 Å². The molecule has 1 amide bonds. The van der Waals surface area contributed by atoms with E-state index in [-0.39, 0.29) is 17.4 Å². The molecule has 1 aliphatic carbocycles. The second kappa shape index (κ2) is 5.75. The first-order valence-electron chi connectivity index (χ1n) is 5.51. The van der Waals surface area contributed by atoms with Gasteiger partial charge in [-0.3, -0.25) is 4.79 Å². The molecule has 1 atom stereocenters. The first-order valence-corrected chi connectivity index (χ1v) is 6.14. The van der Waals surface area contributed by atoms with Crippen molar-refractivity contribution in [1.29, 1.82) is 0 Å². The molecule has 0 aliphatic heterocycles. The molecule has 0 aromatic rings. The highest BCUT2D eigenvalue weighted by Gasteiger charge is 2.42. The Bertz CT molecular complexity index is 217. The van der Waals surface area contributed by atoms with Crippen LogP contribution in [0.1, 0.15) is 32.6 Å². The molecule has 0 spiro atoms. The molecular weight excluding hydrogens is 210 g/mol. The zero-order chi connectivity index (χ0) is 11.3. The molecule has 0 bridgehead atoms. The number of carbonyl (C=O) groups excluding carboxylic acids is 1. The molecular formula is C11H21NO2S. The van der Waals surface area contributed by atoms with Crippen molar-refractivity contribution in [2.45, 2.75) is 38.6 Å². The van der Waals surface area contributed by atoms with E-state index in [0.717, 1.165) is 25.0 Å². The third-order valence-corrected chi connectivity index (χ3v) is 3.66. The minimum absolute atomic E-state index is 0.158. The molecule has 0 aromatic carbocycles. The average molecular weight is 231 g/mol. The smallest absolute Gasteiger partial charge is 0.220 e. The van der Waals surface area contributed by atoms with Gasteiger partial charge in [0.2, 0.25) is 5.91 Å². The predicted octanol–water partition coefficient (Wildman–Crippen LogP) is 1.63. The first kappa shape index (κ1) is 12.8. The van der Waals surface area contributed by atoms with Crippen molar-refractivity contribution in [1.82, 2.24) is 5.32 Å². The van der Waals surface area contributed by atoms with E-state index in [1.165, 1.54) is 0 Å². The van der Waals surface area contributed by atoms with Crippen LogP contribution >= 0.6 is 12.6 Å². The number of rotatable bonds is 7. The lowest BCUT2D eigenvalue weighted by Crippen LogP contribution is -2.35. The quantitative estimate of drug-likeness (QED) is 0.654. The summed E-state index contributed by atoms with van der Waals surface area (Å²) < 4.78 is 4.96. The summed E-state index contributed by atoms with van der Waals surface area (Å²) in [5.41, 5.74) is 0.216. The summed E-state index contributed by atoms with van der Waals surface area (Å²) >= 11 is 4.29. The second-order valence-corrected chi connectivity index (χ2v) is 4.90. The van der Waals surface area contributed by atoms with E-state index in [4.69, 9.17) is 4.74 Å². The molecule has 4 heteroatoms. The summed E-state index contributed by atoms with van der Waals surface area (Å²) in [5.74, 6) is 0.984. The monoisotopic (exact) mass is 231 g/mol. The van der Waals surface area contributed by atoms with Crippen LogP contribution in [0.2, 0.25) is 0 Å². The molecule has 1 aliphatic rings. The van der Waals surface area contributed by atoms with Gasteiger partial charge in [0.1, 0.15) is 0 Å². The van der Waals surface area contributed by atoms with E-state index in [0.29, 0.717) is 13.0 Å². The summed E-state index contributed by atoms with van der Waals surface area (Å²) in [6.45, 7) is 2.70. The average Bonchev–Trinajstić information content (AvgIpc) is 2.95. The van der Waals surface area contributed by atoms with Gasteiger partial charge in [0.05, 0.1) is 0 Å². The fraction of sp³-hybridized carbons (Fsp3) is 0.909. The fourth-order valence-electron chi connectivity index (χ4n) is 1.60. The summed E-state index contributed by atoms with van der Waals surface area (Å²) in [7, 11) is 1.68. The van der Waals surface area contributed by atoms with Crippen LogP contribution in [-0.4, -0.2) is 31.4 Å². The highest BCUT2D eigenvalue weighted by Crippen LogP contribution is 2.49. The van der Waals surface area contributed by atoms with Crippen LogP contribution in [-0.2, 0) is 9.53 Å². The van der Waals surface area contributed by atoms with Gasteiger partial charge in [-0.25, -0.2) is 0 Å². The maximum absolute atomic E-state index is 11.6. The van der Waals surface area contributed by atoms with Crippen LogP contribution in [0.25, 0.3) is 0 Å². The van der Waals surface area contributed by atoms with Crippen LogP contribution in [0, 0.1) is 5.41 Å². The van der Waals surface area contributed by atoms with Gasteiger partial charge in [-0.05, 0) is 37.4 Å². The van der Waals surface area contributed by atoms with Crippen molar-refractivity contribution in [3.8, 4) is 0 Å². The van der Waals surface area contributed by atoms with Crippen LogP contribution < -0.4 is 5.32 Å². The van der Waals surface area contributed by atoms with Gasteiger partial charge < -0.3 is 10.1 Å². The van der Waals surface area contributed by atoms with E-state index >= 15 is 0 Å². The zero-order valence-corrected chi connectivity index (χ0v) is 10.5. The van der Waals surface area contributed by atoms with Gasteiger partial charge in [0.25, 0.3) is 0 Å². The second-order valence-electron chi connectivity index (χ2n) is 4.58. The molecule has 1 N–H and O–H groups in total. The van der Waals surface area contributed by atoms with Crippen molar-refractivity contribution in [2.24, 2.45) is 5.41 Å². The Hall–Kier alpha value is -0.220. The van der Waals surface area contributed by atoms with Gasteiger partial charge >= 0.3 is 0 Å². The van der Waals surface area contributed by atoms with Crippen molar-refractivity contribution < 1.29 is 9.53 Å². The summed E-state index contributed by atoms with van der Waals surface area (Å²) in [6, 6.07) is 0.202. The van der Waals surface area contributed by atoms with Crippen molar-refractivity contribution in [3.05, 3.63) is 0 Å². The van der Waals surface area contributed by atoms with Crippen LogP contribution in [0.3, 0.4) is 0 Å².